The van der Waals surface area contributed by atoms with Crippen LogP contribution in [0.15, 0.2) is 6.33 Å². The van der Waals surface area contributed by atoms with Crippen LogP contribution < -0.4 is 5.32 Å². The van der Waals surface area contributed by atoms with E-state index in [4.69, 9.17) is 4.74 Å². The Hall–Kier alpha value is -1.40. The van der Waals surface area contributed by atoms with Crippen molar-refractivity contribution in [3.05, 3.63) is 17.7 Å². The van der Waals surface area contributed by atoms with Gasteiger partial charge in [0.15, 0.2) is 0 Å². The van der Waals surface area contributed by atoms with Crippen LogP contribution in [0.1, 0.15) is 37.1 Å². The molecule has 4 heterocycles. The summed E-state index contributed by atoms with van der Waals surface area (Å²) < 4.78 is 5.52. The maximum atomic E-state index is 12.4. The van der Waals surface area contributed by atoms with Crippen molar-refractivity contribution in [1.29, 1.82) is 0 Å². The van der Waals surface area contributed by atoms with Crippen molar-refractivity contribution in [3.63, 3.8) is 0 Å². The average molecular weight is 290 g/mol. The summed E-state index contributed by atoms with van der Waals surface area (Å²) in [5.41, 5.74) is 2.38. The molecule has 21 heavy (non-hydrogen) atoms. The molecule has 4 rings (SSSR count). The summed E-state index contributed by atoms with van der Waals surface area (Å²) in [7, 11) is 0. The molecular formula is C15H22N4O2. The van der Waals surface area contributed by atoms with Gasteiger partial charge in [-0.25, -0.2) is 4.98 Å². The minimum atomic E-state index is -0.195. The van der Waals surface area contributed by atoms with Crippen molar-refractivity contribution in [2.45, 2.75) is 43.7 Å². The fraction of sp³-hybridized carbons (Fsp3) is 0.733. The van der Waals surface area contributed by atoms with Gasteiger partial charge in [0.25, 0.3) is 5.91 Å². The van der Waals surface area contributed by atoms with Gasteiger partial charge in [-0.3, -0.25) is 4.79 Å². The number of ether oxygens (including phenoxy) is 1. The maximum absolute atomic E-state index is 12.4. The van der Waals surface area contributed by atoms with Gasteiger partial charge in [-0.2, -0.15) is 0 Å². The number of piperidine rings is 1. The summed E-state index contributed by atoms with van der Waals surface area (Å²) in [5, 5.41) is 3.65. The Bertz CT molecular complexity index is 528. The SMILES string of the molecule is O=C(C1CCCO1)N1CCC2(CC1)NCCc1[nH]cnc12. The number of rotatable bonds is 1. The van der Waals surface area contributed by atoms with Crippen LogP contribution in [0.3, 0.4) is 0 Å². The molecule has 0 aromatic carbocycles. The predicted octanol–water partition coefficient (Wildman–Crippen LogP) is 0.552. The molecule has 0 bridgehead atoms. The summed E-state index contributed by atoms with van der Waals surface area (Å²) in [4.78, 5) is 22.2. The van der Waals surface area contributed by atoms with Gasteiger partial charge < -0.3 is 19.9 Å². The number of aromatic amines is 1. The third-order valence-corrected chi connectivity index (χ3v) is 5.14. The number of likely N-dealkylation sites (tertiary alicyclic amines) is 1. The van der Waals surface area contributed by atoms with E-state index in [-0.39, 0.29) is 17.6 Å². The molecular weight excluding hydrogens is 268 g/mol. The number of aromatic nitrogens is 2. The van der Waals surface area contributed by atoms with E-state index in [1.54, 1.807) is 6.33 Å². The highest BCUT2D eigenvalue weighted by Crippen LogP contribution is 2.36. The molecule has 6 nitrogen and oxygen atoms in total. The zero-order valence-corrected chi connectivity index (χ0v) is 12.2. The zero-order chi connectivity index (χ0) is 14.3. The third kappa shape index (κ3) is 2.17. The van der Waals surface area contributed by atoms with E-state index in [1.165, 1.54) is 5.69 Å². The molecule has 2 saturated heterocycles. The Morgan fingerprint density at radius 2 is 2.29 bits per heavy atom. The van der Waals surface area contributed by atoms with Crippen LogP contribution in [0, 0.1) is 0 Å². The van der Waals surface area contributed by atoms with Gasteiger partial charge in [0.1, 0.15) is 6.10 Å². The molecule has 3 aliphatic rings. The Morgan fingerprint density at radius 1 is 1.43 bits per heavy atom. The molecule has 1 unspecified atom stereocenters. The zero-order valence-electron chi connectivity index (χ0n) is 12.2. The lowest BCUT2D eigenvalue weighted by atomic mass is 9.80. The van der Waals surface area contributed by atoms with E-state index < -0.39 is 0 Å². The highest BCUT2D eigenvalue weighted by Gasteiger charge is 2.43. The Labute approximate surface area is 124 Å². The molecule has 6 heteroatoms. The van der Waals surface area contributed by atoms with Crippen molar-refractivity contribution in [3.8, 4) is 0 Å². The van der Waals surface area contributed by atoms with Crippen LogP contribution in [-0.4, -0.2) is 53.1 Å². The Balaban J connectivity index is 1.47. The predicted molar refractivity (Wildman–Crippen MR) is 76.8 cm³/mol. The monoisotopic (exact) mass is 290 g/mol. The van der Waals surface area contributed by atoms with Crippen LogP contribution in [0.4, 0.5) is 0 Å². The molecule has 1 aromatic heterocycles. The molecule has 1 atom stereocenters. The summed E-state index contributed by atoms with van der Waals surface area (Å²) in [5.74, 6) is 0.181. The normalized spacial score (nSPS) is 27.8. The molecule has 0 aliphatic carbocycles. The van der Waals surface area contributed by atoms with E-state index in [0.717, 1.165) is 64.0 Å². The number of hydrogen-bond donors (Lipinski definition) is 2. The van der Waals surface area contributed by atoms with Gasteiger partial charge in [-0.05, 0) is 25.7 Å². The highest BCUT2D eigenvalue weighted by molar-refractivity contribution is 5.81. The van der Waals surface area contributed by atoms with Crippen molar-refractivity contribution < 1.29 is 9.53 Å². The van der Waals surface area contributed by atoms with Crippen LogP contribution in [0.5, 0.6) is 0 Å². The van der Waals surface area contributed by atoms with E-state index in [9.17, 15) is 4.79 Å². The van der Waals surface area contributed by atoms with Crippen molar-refractivity contribution in [1.82, 2.24) is 20.2 Å². The first-order valence-corrected chi connectivity index (χ1v) is 7.97. The van der Waals surface area contributed by atoms with Crippen LogP contribution >= 0.6 is 0 Å². The topological polar surface area (TPSA) is 70.2 Å². The second kappa shape index (κ2) is 5.10. The molecule has 1 spiro atoms. The number of hydrogen-bond acceptors (Lipinski definition) is 4. The van der Waals surface area contributed by atoms with Crippen molar-refractivity contribution >= 4 is 5.91 Å². The van der Waals surface area contributed by atoms with Gasteiger partial charge in [-0.1, -0.05) is 0 Å². The molecule has 114 valence electrons. The van der Waals surface area contributed by atoms with Crippen LogP contribution in [-0.2, 0) is 21.5 Å². The molecule has 2 N–H and O–H groups in total. The first-order chi connectivity index (χ1) is 10.3. The van der Waals surface area contributed by atoms with Gasteiger partial charge in [-0.15, -0.1) is 0 Å². The van der Waals surface area contributed by atoms with Gasteiger partial charge in [0.2, 0.25) is 0 Å². The summed E-state index contributed by atoms with van der Waals surface area (Å²) in [6, 6.07) is 0. The minimum Gasteiger partial charge on any atom is -0.368 e. The quantitative estimate of drug-likeness (QED) is 0.792. The number of H-pyrrole nitrogens is 1. The summed E-state index contributed by atoms with van der Waals surface area (Å²) >= 11 is 0. The summed E-state index contributed by atoms with van der Waals surface area (Å²) in [6.45, 7) is 3.29. The fourth-order valence-corrected chi connectivity index (χ4v) is 3.93. The molecule has 2 fully saturated rings. The van der Waals surface area contributed by atoms with Crippen molar-refractivity contribution in [2.75, 3.05) is 26.2 Å². The van der Waals surface area contributed by atoms with Crippen LogP contribution in [0.2, 0.25) is 0 Å². The van der Waals surface area contributed by atoms with Gasteiger partial charge in [0.05, 0.1) is 17.6 Å². The Kier molecular flexibility index (Phi) is 3.23. The van der Waals surface area contributed by atoms with E-state index in [0.29, 0.717) is 0 Å². The number of imidazole rings is 1. The lowest BCUT2D eigenvalue weighted by Crippen LogP contribution is -2.56. The number of carbonyl (C=O) groups is 1. The second-order valence-corrected chi connectivity index (χ2v) is 6.32. The van der Waals surface area contributed by atoms with E-state index in [2.05, 4.69) is 15.3 Å². The smallest absolute Gasteiger partial charge is 0.251 e. The lowest BCUT2D eigenvalue weighted by molar-refractivity contribution is -0.142. The number of carbonyl (C=O) groups excluding carboxylic acids is 1. The first kappa shape index (κ1) is 13.3. The number of amides is 1. The number of nitrogens with zero attached hydrogens (tertiary/aromatic N) is 2. The molecule has 1 amide bonds. The Morgan fingerprint density at radius 3 is 3.05 bits per heavy atom. The summed E-state index contributed by atoms with van der Waals surface area (Å²) in [6.07, 6.45) is 6.36. The second-order valence-electron chi connectivity index (χ2n) is 6.32. The fourth-order valence-electron chi connectivity index (χ4n) is 3.93. The lowest BCUT2D eigenvalue weighted by Gasteiger charge is -2.44. The first-order valence-electron chi connectivity index (χ1n) is 7.97. The van der Waals surface area contributed by atoms with Gasteiger partial charge in [0, 0.05) is 38.4 Å². The van der Waals surface area contributed by atoms with Crippen molar-refractivity contribution in [2.24, 2.45) is 0 Å². The highest BCUT2D eigenvalue weighted by atomic mass is 16.5. The molecule has 1 aromatic rings. The number of fused-ring (bicyclic) bond motifs is 2. The van der Waals surface area contributed by atoms with Crippen LogP contribution in [0.25, 0.3) is 0 Å². The third-order valence-electron chi connectivity index (χ3n) is 5.14. The molecule has 0 saturated carbocycles. The van der Waals surface area contributed by atoms with Gasteiger partial charge >= 0.3 is 0 Å². The van der Waals surface area contributed by atoms with E-state index >= 15 is 0 Å². The van der Waals surface area contributed by atoms with E-state index in [1.807, 2.05) is 4.90 Å². The maximum Gasteiger partial charge on any atom is 0.251 e. The molecule has 0 radical (unpaired) electrons. The largest absolute Gasteiger partial charge is 0.368 e. The molecule has 3 aliphatic heterocycles. The minimum absolute atomic E-state index is 0.0408. The number of nitrogens with one attached hydrogen (secondary N) is 2. The average Bonchev–Trinajstić information content (AvgIpc) is 3.19. The standard InChI is InChI=1S/C15H22N4O2/c20-14(12-2-1-9-21-12)19-7-4-15(5-8-19)13-11(3-6-18-15)16-10-17-13/h10,12,18H,1-9H2,(H,16,17).